The number of imidazole rings is 1. The van der Waals surface area contributed by atoms with Crippen LogP contribution in [0, 0.1) is 6.92 Å². The molecule has 0 aliphatic heterocycles. The Morgan fingerprint density at radius 2 is 1.92 bits per heavy atom. The number of allylic oxidation sites excluding steroid dienone is 7. The Labute approximate surface area is 224 Å². The van der Waals surface area contributed by atoms with E-state index >= 15 is 0 Å². The highest BCUT2D eigenvalue weighted by Gasteiger charge is 2.18. The van der Waals surface area contributed by atoms with E-state index in [1.807, 2.05) is 44.3 Å². The summed E-state index contributed by atoms with van der Waals surface area (Å²) in [4.78, 5) is 19.4. The van der Waals surface area contributed by atoms with E-state index < -0.39 is 0 Å². The molecule has 38 heavy (non-hydrogen) atoms. The number of hydrogen-bond donors (Lipinski definition) is 2. The molecular formula is C31H35N7. The summed E-state index contributed by atoms with van der Waals surface area (Å²) in [7, 11) is 4.19. The Bertz CT molecular complexity index is 1510. The third-order valence-corrected chi connectivity index (χ3v) is 6.38. The molecule has 0 saturated carbocycles. The highest BCUT2D eigenvalue weighted by atomic mass is 15.2. The van der Waals surface area contributed by atoms with Gasteiger partial charge in [-0.15, -0.1) is 0 Å². The van der Waals surface area contributed by atoms with Crippen LogP contribution < -0.4 is 0 Å². The first kappa shape index (κ1) is 26.7. The molecule has 0 atom stereocenters. The lowest BCUT2D eigenvalue weighted by Crippen LogP contribution is -2.12. The van der Waals surface area contributed by atoms with E-state index in [1.54, 1.807) is 18.5 Å². The Morgan fingerprint density at radius 1 is 1.13 bits per heavy atom. The molecule has 0 fully saturated rings. The van der Waals surface area contributed by atoms with Crippen molar-refractivity contribution < 1.29 is 0 Å². The molecule has 7 heteroatoms. The maximum absolute atomic E-state index is 4.97. The van der Waals surface area contributed by atoms with Gasteiger partial charge < -0.3 is 9.88 Å². The van der Waals surface area contributed by atoms with Gasteiger partial charge in [0.25, 0.3) is 0 Å². The Morgan fingerprint density at radius 3 is 2.61 bits per heavy atom. The van der Waals surface area contributed by atoms with Crippen molar-refractivity contribution >= 4 is 22.2 Å². The van der Waals surface area contributed by atoms with Crippen LogP contribution in [-0.2, 0) is 0 Å². The molecule has 4 aromatic heterocycles. The molecule has 7 nitrogen and oxygen atoms in total. The number of aryl methyl sites for hydroxylation is 1. The van der Waals surface area contributed by atoms with Crippen LogP contribution in [0.15, 0.2) is 85.9 Å². The Balaban J connectivity index is 1.71. The maximum Gasteiger partial charge on any atom is 0.181 e. The lowest BCUT2D eigenvalue weighted by atomic mass is 10.0. The maximum atomic E-state index is 4.97. The van der Waals surface area contributed by atoms with Crippen LogP contribution >= 0.6 is 0 Å². The lowest BCUT2D eigenvalue weighted by Gasteiger charge is -2.10. The molecule has 4 heterocycles. The monoisotopic (exact) mass is 505 g/mol. The first-order valence-electron chi connectivity index (χ1n) is 12.7. The van der Waals surface area contributed by atoms with Crippen LogP contribution in [0.25, 0.3) is 33.7 Å². The van der Waals surface area contributed by atoms with E-state index in [2.05, 4.69) is 75.5 Å². The topological polar surface area (TPSA) is 86.4 Å². The van der Waals surface area contributed by atoms with Crippen LogP contribution in [0.2, 0.25) is 0 Å². The van der Waals surface area contributed by atoms with Crippen molar-refractivity contribution in [1.82, 2.24) is 35.0 Å². The fraction of sp³-hybridized carbons (Fsp3) is 0.226. The summed E-state index contributed by atoms with van der Waals surface area (Å²) in [5.41, 5.74) is 8.54. The molecule has 0 aromatic carbocycles. The van der Waals surface area contributed by atoms with E-state index in [0.29, 0.717) is 11.5 Å². The number of rotatable bonds is 11. The summed E-state index contributed by atoms with van der Waals surface area (Å²) < 4.78 is 0. The minimum atomic E-state index is 0.643. The van der Waals surface area contributed by atoms with Crippen molar-refractivity contribution in [2.24, 2.45) is 0 Å². The second-order valence-corrected chi connectivity index (χ2v) is 9.38. The van der Waals surface area contributed by atoms with Gasteiger partial charge in [0.15, 0.2) is 11.5 Å². The third kappa shape index (κ3) is 5.95. The van der Waals surface area contributed by atoms with Crippen LogP contribution in [0.3, 0.4) is 0 Å². The molecule has 0 aliphatic rings. The van der Waals surface area contributed by atoms with E-state index in [9.17, 15) is 0 Å². The molecule has 4 aromatic rings. The van der Waals surface area contributed by atoms with Gasteiger partial charge in [-0.3, -0.25) is 10.1 Å². The van der Waals surface area contributed by atoms with E-state index in [0.717, 1.165) is 64.1 Å². The first-order chi connectivity index (χ1) is 18.4. The molecule has 0 spiro atoms. The molecule has 0 amide bonds. The fourth-order valence-corrected chi connectivity index (χ4v) is 4.41. The van der Waals surface area contributed by atoms with Gasteiger partial charge in [0, 0.05) is 35.4 Å². The molecular weight excluding hydrogens is 470 g/mol. The molecule has 2 N–H and O–H groups in total. The highest BCUT2D eigenvalue weighted by molar-refractivity contribution is 5.92. The second kappa shape index (κ2) is 12.3. The van der Waals surface area contributed by atoms with Crippen molar-refractivity contribution in [1.29, 1.82) is 0 Å². The zero-order valence-corrected chi connectivity index (χ0v) is 22.6. The first-order valence-corrected chi connectivity index (χ1v) is 12.7. The largest absolute Gasteiger partial charge is 0.340 e. The number of nitrogens with zero attached hydrogens (tertiary/aromatic N) is 5. The summed E-state index contributed by atoms with van der Waals surface area (Å²) in [5, 5.41) is 8.49. The molecule has 0 aliphatic carbocycles. The number of pyridine rings is 2. The smallest absolute Gasteiger partial charge is 0.181 e. The number of aromatic nitrogens is 6. The Kier molecular flexibility index (Phi) is 8.61. The van der Waals surface area contributed by atoms with Gasteiger partial charge in [-0.2, -0.15) is 5.10 Å². The van der Waals surface area contributed by atoms with E-state index in [4.69, 9.17) is 4.98 Å². The molecule has 0 unspecified atom stereocenters. The van der Waals surface area contributed by atoms with Crippen LogP contribution in [0.5, 0.6) is 0 Å². The average Bonchev–Trinajstić information content (AvgIpc) is 3.52. The summed E-state index contributed by atoms with van der Waals surface area (Å²) in [6.45, 7) is 13.0. The molecule has 0 bridgehead atoms. The van der Waals surface area contributed by atoms with Gasteiger partial charge in [-0.25, -0.2) is 9.97 Å². The molecule has 0 saturated heterocycles. The zero-order valence-electron chi connectivity index (χ0n) is 22.6. The van der Waals surface area contributed by atoms with Crippen molar-refractivity contribution in [3.05, 3.63) is 108 Å². The predicted octanol–water partition coefficient (Wildman–Crippen LogP) is 6.53. The Hall–Kier alpha value is -4.36. The van der Waals surface area contributed by atoms with Crippen LogP contribution in [-0.4, -0.2) is 55.7 Å². The average molecular weight is 506 g/mol. The molecule has 0 radical (unpaired) electrons. The van der Waals surface area contributed by atoms with Crippen LogP contribution in [0.1, 0.15) is 42.3 Å². The van der Waals surface area contributed by atoms with E-state index in [1.165, 1.54) is 5.57 Å². The van der Waals surface area contributed by atoms with E-state index in [-0.39, 0.29) is 0 Å². The number of aromatic amines is 2. The summed E-state index contributed by atoms with van der Waals surface area (Å²) in [6, 6.07) is 6.05. The highest BCUT2D eigenvalue weighted by Crippen LogP contribution is 2.31. The van der Waals surface area contributed by atoms with Gasteiger partial charge in [-0.05, 0) is 82.2 Å². The van der Waals surface area contributed by atoms with Gasteiger partial charge in [-0.1, -0.05) is 43.5 Å². The standard InChI is InChI=1S/C31H35N7/c1-7-11-26(24-13-15-32-16-14-24)28-21(4)34-31(35-28)29-27-19-25(20-33-30(27)37-36-29)23(9-3)18-22(8-2)12-10-17-38(5)6/h7-9,11,13-16,18-20H,1-2,10,12,17H2,3-6H3,(H,34,35)(H,33,36,37)/b22-18+,23-9+,26-11-. The lowest BCUT2D eigenvalue weighted by molar-refractivity contribution is 0.400. The van der Waals surface area contributed by atoms with Gasteiger partial charge in [0.1, 0.15) is 5.69 Å². The minimum absolute atomic E-state index is 0.643. The zero-order chi connectivity index (χ0) is 27.1. The third-order valence-electron chi connectivity index (χ3n) is 6.38. The number of H-pyrrole nitrogens is 2. The van der Waals surface area contributed by atoms with Crippen molar-refractivity contribution in [3.8, 4) is 11.5 Å². The molecule has 194 valence electrons. The number of hydrogen-bond acceptors (Lipinski definition) is 5. The quantitative estimate of drug-likeness (QED) is 0.226. The van der Waals surface area contributed by atoms with Crippen molar-refractivity contribution in [2.75, 3.05) is 20.6 Å². The number of nitrogens with one attached hydrogen (secondary N) is 2. The number of fused-ring (bicyclic) bond motifs is 1. The summed E-state index contributed by atoms with van der Waals surface area (Å²) in [5.74, 6) is 0.705. The fourth-order valence-electron chi connectivity index (χ4n) is 4.41. The minimum Gasteiger partial charge on any atom is -0.340 e. The van der Waals surface area contributed by atoms with Crippen molar-refractivity contribution in [3.63, 3.8) is 0 Å². The van der Waals surface area contributed by atoms with Crippen LogP contribution in [0.4, 0.5) is 0 Å². The summed E-state index contributed by atoms with van der Waals surface area (Å²) >= 11 is 0. The SMILES string of the molecule is C=C/C=C(/c1ccncc1)c1nc(-c2[nH]nc3ncc(C(/C=C(\C=C)CCCN(C)C)=C/C)cc23)[nH]c1C. The molecule has 4 rings (SSSR count). The van der Waals surface area contributed by atoms with Gasteiger partial charge in [0.2, 0.25) is 0 Å². The predicted molar refractivity (Wildman–Crippen MR) is 157 cm³/mol. The normalized spacial score (nSPS) is 12.9. The summed E-state index contributed by atoms with van der Waals surface area (Å²) in [6.07, 6.45) is 17.4. The van der Waals surface area contributed by atoms with Gasteiger partial charge >= 0.3 is 0 Å². The van der Waals surface area contributed by atoms with Crippen molar-refractivity contribution in [2.45, 2.75) is 26.7 Å². The van der Waals surface area contributed by atoms with Gasteiger partial charge in [0.05, 0.1) is 11.1 Å². The second-order valence-electron chi connectivity index (χ2n) is 9.38.